The second-order valence-electron chi connectivity index (χ2n) is 9.56. The van der Waals surface area contributed by atoms with Gasteiger partial charge in [-0.25, -0.2) is 27.2 Å². The van der Waals surface area contributed by atoms with Crippen LogP contribution in [0.1, 0.15) is 20.7 Å². The van der Waals surface area contributed by atoms with Crippen LogP contribution in [0.2, 0.25) is 0 Å². The van der Waals surface area contributed by atoms with Gasteiger partial charge in [0.1, 0.15) is 96.4 Å². The van der Waals surface area contributed by atoms with Crippen molar-refractivity contribution in [2.24, 2.45) is 0 Å². The number of rotatable bonds is 8. The summed E-state index contributed by atoms with van der Waals surface area (Å²) in [4.78, 5) is 24.4. The average Bonchev–Trinajstić information content (AvgIpc) is 2.96. The van der Waals surface area contributed by atoms with Gasteiger partial charge in [-0.1, -0.05) is 12.1 Å². The molecule has 236 valence electrons. The maximum Gasteiger partial charge on any atom is 0.344 e. The van der Waals surface area contributed by atoms with Crippen LogP contribution in [0.4, 0.5) is 17.6 Å². The van der Waals surface area contributed by atoms with Crippen molar-refractivity contribution in [1.29, 1.82) is 0 Å². The second kappa shape index (κ2) is 13.6. The minimum Gasteiger partial charge on any atom is -0.459 e. The average molecular weight is 622 g/mol. The fraction of sp³-hybridized carbons (Fsp3) is 0.462. The molecule has 10 atom stereocenters. The highest BCUT2D eigenvalue weighted by molar-refractivity contribution is 5.90. The molecule has 2 aromatic rings. The van der Waals surface area contributed by atoms with E-state index in [1.54, 1.807) is 0 Å². The van der Waals surface area contributed by atoms with Crippen molar-refractivity contribution in [3.8, 4) is 0 Å². The Kier molecular flexibility index (Phi) is 10.3. The smallest absolute Gasteiger partial charge is 0.344 e. The van der Waals surface area contributed by atoms with E-state index in [1.165, 1.54) is 0 Å². The Morgan fingerprint density at radius 1 is 0.581 bits per heavy atom. The van der Waals surface area contributed by atoms with Gasteiger partial charge >= 0.3 is 11.9 Å². The van der Waals surface area contributed by atoms with Crippen LogP contribution >= 0.6 is 0 Å². The first-order valence-corrected chi connectivity index (χ1v) is 12.6. The normalized spacial score (nSPS) is 32.7. The monoisotopic (exact) mass is 622 g/mol. The van der Waals surface area contributed by atoms with Crippen LogP contribution in [-0.2, 0) is 23.7 Å². The third-order valence-electron chi connectivity index (χ3n) is 6.70. The van der Waals surface area contributed by atoms with Crippen LogP contribution in [0.25, 0.3) is 0 Å². The van der Waals surface area contributed by atoms with Gasteiger partial charge in [0.25, 0.3) is 0 Å². The van der Waals surface area contributed by atoms with E-state index in [2.05, 4.69) is 0 Å². The Balaban J connectivity index is 1.41. The van der Waals surface area contributed by atoms with Gasteiger partial charge < -0.3 is 54.3 Å². The molecule has 0 aliphatic carbocycles. The summed E-state index contributed by atoms with van der Waals surface area (Å²) in [6.07, 6.45) is -19.3. The number of halogens is 4. The van der Waals surface area contributed by atoms with Crippen LogP contribution in [0.3, 0.4) is 0 Å². The lowest BCUT2D eigenvalue weighted by Gasteiger charge is -2.44. The lowest BCUT2D eigenvalue weighted by Crippen LogP contribution is -2.64. The van der Waals surface area contributed by atoms with Crippen molar-refractivity contribution in [2.45, 2.75) is 61.4 Å². The lowest BCUT2D eigenvalue weighted by atomic mass is 9.98. The minimum atomic E-state index is -2.05. The zero-order valence-electron chi connectivity index (χ0n) is 21.7. The lowest BCUT2D eigenvalue weighted by molar-refractivity contribution is -0.376. The summed E-state index contributed by atoms with van der Waals surface area (Å²) >= 11 is 0. The molecular weight excluding hydrogens is 596 g/mol. The molecule has 0 bridgehead atoms. The van der Waals surface area contributed by atoms with Crippen molar-refractivity contribution in [1.82, 2.24) is 0 Å². The van der Waals surface area contributed by atoms with Gasteiger partial charge in [-0.3, -0.25) is 0 Å². The Morgan fingerprint density at radius 2 is 0.907 bits per heavy atom. The molecule has 0 unspecified atom stereocenters. The molecule has 2 fully saturated rings. The summed E-state index contributed by atoms with van der Waals surface area (Å²) in [6.45, 7) is -1.84. The molecule has 2 saturated heterocycles. The third-order valence-corrected chi connectivity index (χ3v) is 6.70. The van der Waals surface area contributed by atoms with E-state index in [0.29, 0.717) is 0 Å². The summed E-state index contributed by atoms with van der Waals surface area (Å²) in [7, 11) is 0. The molecular formula is C26H26F4O13. The van der Waals surface area contributed by atoms with Gasteiger partial charge in [0.2, 0.25) is 0 Å². The molecule has 0 saturated carbocycles. The highest BCUT2D eigenvalue weighted by Gasteiger charge is 2.50. The summed E-state index contributed by atoms with van der Waals surface area (Å²) in [6, 6.07) is 5.19. The quantitative estimate of drug-likeness (QED) is 0.153. The van der Waals surface area contributed by atoms with Crippen molar-refractivity contribution in [3.63, 3.8) is 0 Å². The van der Waals surface area contributed by atoms with E-state index < -0.39 is 121 Å². The molecule has 0 spiro atoms. The minimum absolute atomic E-state index is 0.795. The number of aliphatic hydroxyl groups is 6. The number of carbonyl (C=O) groups is 2. The highest BCUT2D eigenvalue weighted by atomic mass is 19.1. The first-order valence-electron chi connectivity index (χ1n) is 12.6. The van der Waals surface area contributed by atoms with E-state index in [9.17, 15) is 57.8 Å². The summed E-state index contributed by atoms with van der Waals surface area (Å²) in [5, 5.41) is 61.8. The van der Waals surface area contributed by atoms with Crippen LogP contribution in [0, 0.1) is 23.3 Å². The third kappa shape index (κ3) is 6.95. The fourth-order valence-corrected chi connectivity index (χ4v) is 4.31. The highest BCUT2D eigenvalue weighted by Crippen LogP contribution is 2.29. The first-order chi connectivity index (χ1) is 20.3. The summed E-state index contributed by atoms with van der Waals surface area (Å²) in [5.74, 6) is -7.93. The number of ether oxygens (including phenoxy) is 5. The zero-order valence-corrected chi connectivity index (χ0v) is 21.7. The predicted molar refractivity (Wildman–Crippen MR) is 128 cm³/mol. The number of aliphatic hydroxyl groups excluding tert-OH is 6. The zero-order chi connectivity index (χ0) is 31.6. The molecule has 2 heterocycles. The predicted octanol–water partition coefficient (Wildman–Crippen LogP) is -1.11. The first kappa shape index (κ1) is 32.6. The van der Waals surface area contributed by atoms with Crippen LogP contribution in [0.5, 0.6) is 0 Å². The van der Waals surface area contributed by atoms with Crippen molar-refractivity contribution < 1.29 is 81.5 Å². The Labute approximate surface area is 239 Å². The maximum absolute atomic E-state index is 13.9. The SMILES string of the molecule is O=C(OC[C@H]1O[C@H](O[C@H]2O[C@H](COC(=O)c3c(F)cccc3F)[C@@H](O)[C@H](O)[C@H]2O)[C@H](O)[C@@H](O)[C@@H]1O)c1c(F)cccc1F. The number of benzene rings is 2. The Bertz CT molecular complexity index is 1180. The molecule has 17 heteroatoms. The van der Waals surface area contributed by atoms with E-state index >= 15 is 0 Å². The van der Waals surface area contributed by atoms with Gasteiger partial charge in [-0.05, 0) is 24.3 Å². The summed E-state index contributed by atoms with van der Waals surface area (Å²) in [5.41, 5.74) is -2.09. The van der Waals surface area contributed by atoms with Gasteiger partial charge in [-0.15, -0.1) is 0 Å². The second-order valence-corrected chi connectivity index (χ2v) is 9.56. The summed E-state index contributed by atoms with van der Waals surface area (Å²) < 4.78 is 81.0. The molecule has 0 amide bonds. The number of hydrogen-bond donors (Lipinski definition) is 6. The van der Waals surface area contributed by atoms with Crippen LogP contribution in [-0.4, -0.2) is 117 Å². The van der Waals surface area contributed by atoms with Gasteiger partial charge in [0.15, 0.2) is 12.6 Å². The van der Waals surface area contributed by atoms with Gasteiger partial charge in [-0.2, -0.15) is 0 Å². The number of carbonyl (C=O) groups excluding carboxylic acids is 2. The van der Waals surface area contributed by atoms with Crippen LogP contribution < -0.4 is 0 Å². The topological polar surface area (TPSA) is 202 Å². The van der Waals surface area contributed by atoms with Gasteiger partial charge in [0.05, 0.1) is 0 Å². The van der Waals surface area contributed by atoms with Crippen molar-refractivity contribution in [3.05, 3.63) is 70.8 Å². The molecule has 4 rings (SSSR count). The fourth-order valence-electron chi connectivity index (χ4n) is 4.31. The molecule has 2 aromatic carbocycles. The molecule has 0 aromatic heterocycles. The van der Waals surface area contributed by atoms with Gasteiger partial charge in [0, 0.05) is 0 Å². The number of esters is 2. The van der Waals surface area contributed by atoms with E-state index in [-0.39, 0.29) is 0 Å². The van der Waals surface area contributed by atoms with Crippen molar-refractivity contribution >= 4 is 11.9 Å². The molecule has 43 heavy (non-hydrogen) atoms. The standard InChI is InChI=1S/C26H26F4O13/c27-9-3-1-4-10(28)15(9)23(37)39-7-13-17(31)19(33)21(35)25(41-13)43-26-22(36)20(34)18(32)14(42-26)8-40-24(38)16-11(29)5-2-6-12(16)30/h1-6,13-14,17-22,25-26,31-36H,7-8H2/t13-,14-,17-,18-,19+,20+,21-,22-,25-,26-/m1/s1. The van der Waals surface area contributed by atoms with E-state index in [4.69, 9.17) is 23.7 Å². The largest absolute Gasteiger partial charge is 0.459 e. The van der Waals surface area contributed by atoms with E-state index in [0.717, 1.165) is 36.4 Å². The van der Waals surface area contributed by atoms with E-state index in [1.807, 2.05) is 0 Å². The number of hydrogen-bond acceptors (Lipinski definition) is 13. The molecule has 0 radical (unpaired) electrons. The Hall–Kier alpha value is -3.26. The molecule has 2 aliphatic heterocycles. The Morgan fingerprint density at radius 3 is 1.23 bits per heavy atom. The maximum atomic E-state index is 13.9. The van der Waals surface area contributed by atoms with Crippen LogP contribution in [0.15, 0.2) is 36.4 Å². The molecule has 6 N–H and O–H groups in total. The molecule has 13 nitrogen and oxygen atoms in total. The molecule has 2 aliphatic rings. The van der Waals surface area contributed by atoms with Crippen molar-refractivity contribution in [2.75, 3.05) is 13.2 Å².